The predicted octanol–water partition coefficient (Wildman–Crippen LogP) is 4.59. The molecule has 5 aromatic rings. The molecule has 2 aromatic carbocycles. The molecular formula is C26H25N5O2S. The predicted molar refractivity (Wildman–Crippen MR) is 131 cm³/mol. The highest BCUT2D eigenvalue weighted by molar-refractivity contribution is 7.17. The van der Waals surface area contributed by atoms with E-state index in [1.54, 1.807) is 6.26 Å². The third-order valence-corrected chi connectivity index (χ3v) is 7.60. The molecule has 1 N–H and O–H groups in total. The number of aromatic hydroxyl groups is 1. The Morgan fingerprint density at radius 2 is 1.41 bits per heavy atom. The maximum atomic E-state index is 10.9. The summed E-state index contributed by atoms with van der Waals surface area (Å²) in [5, 5.41) is 15.1. The number of piperazine rings is 1. The topological polar surface area (TPSA) is 70.0 Å². The number of benzene rings is 2. The van der Waals surface area contributed by atoms with Crippen LogP contribution in [0.5, 0.6) is 5.88 Å². The minimum Gasteiger partial charge on any atom is -0.492 e. The number of aromatic nitrogens is 3. The standard InChI is InChI=1S/C26H25N5O2S/c32-25-24(34-26-27-18-28-31(25)26)23(21-12-7-17-33-21)30-15-13-29(14-16-30)22(19-8-3-1-4-9-19)20-10-5-2-6-11-20/h1-12,17-18,22-23,32H,13-16H2/t23-/m0/s1. The maximum Gasteiger partial charge on any atom is 0.230 e. The molecule has 0 aliphatic carbocycles. The highest BCUT2D eigenvalue weighted by Gasteiger charge is 2.35. The smallest absolute Gasteiger partial charge is 0.230 e. The van der Waals surface area contributed by atoms with Crippen LogP contribution in [-0.4, -0.2) is 55.7 Å². The van der Waals surface area contributed by atoms with Crippen molar-refractivity contribution in [3.05, 3.63) is 107 Å². The summed E-state index contributed by atoms with van der Waals surface area (Å²) in [7, 11) is 0. The number of fused-ring (bicyclic) bond motifs is 1. The summed E-state index contributed by atoms with van der Waals surface area (Å²) < 4.78 is 7.33. The summed E-state index contributed by atoms with van der Waals surface area (Å²) >= 11 is 1.46. The van der Waals surface area contributed by atoms with Gasteiger partial charge in [0, 0.05) is 26.2 Å². The lowest BCUT2D eigenvalue weighted by atomic mass is 9.96. The molecule has 3 aromatic heterocycles. The SMILES string of the molecule is Oc1c([C@H](c2ccco2)N2CCN(C(c3ccccc3)c3ccccc3)CC2)sc2ncnn12. The van der Waals surface area contributed by atoms with E-state index in [1.807, 2.05) is 12.1 Å². The van der Waals surface area contributed by atoms with Crippen molar-refractivity contribution in [3.8, 4) is 5.88 Å². The molecule has 1 aliphatic rings. The van der Waals surface area contributed by atoms with Crippen LogP contribution in [0.2, 0.25) is 0 Å². The average molecular weight is 472 g/mol. The summed E-state index contributed by atoms with van der Waals surface area (Å²) in [5.41, 5.74) is 2.60. The molecule has 7 nitrogen and oxygen atoms in total. The molecule has 6 rings (SSSR count). The van der Waals surface area contributed by atoms with Gasteiger partial charge in [0.25, 0.3) is 0 Å². The van der Waals surface area contributed by atoms with Crippen molar-refractivity contribution in [3.63, 3.8) is 0 Å². The van der Waals surface area contributed by atoms with E-state index < -0.39 is 0 Å². The minimum atomic E-state index is -0.183. The molecule has 1 aliphatic heterocycles. The van der Waals surface area contributed by atoms with E-state index in [4.69, 9.17) is 4.42 Å². The maximum absolute atomic E-state index is 10.9. The van der Waals surface area contributed by atoms with Crippen LogP contribution in [0.15, 0.2) is 89.8 Å². The van der Waals surface area contributed by atoms with E-state index in [0.29, 0.717) is 4.96 Å². The Hall–Kier alpha value is -3.46. The van der Waals surface area contributed by atoms with Gasteiger partial charge in [-0.05, 0) is 23.3 Å². The third-order valence-electron chi connectivity index (χ3n) is 6.51. The molecular weight excluding hydrogens is 446 g/mol. The van der Waals surface area contributed by atoms with Gasteiger partial charge in [-0.3, -0.25) is 9.80 Å². The van der Waals surface area contributed by atoms with E-state index in [1.165, 1.54) is 33.3 Å². The Balaban J connectivity index is 1.29. The fourth-order valence-corrected chi connectivity index (χ4v) is 6.00. The zero-order valence-electron chi connectivity index (χ0n) is 18.6. The molecule has 0 radical (unpaired) electrons. The van der Waals surface area contributed by atoms with Crippen molar-refractivity contribution in [2.45, 2.75) is 12.1 Å². The van der Waals surface area contributed by atoms with Gasteiger partial charge in [-0.15, -0.1) is 0 Å². The van der Waals surface area contributed by atoms with Crippen LogP contribution < -0.4 is 0 Å². The van der Waals surface area contributed by atoms with Gasteiger partial charge in [0.2, 0.25) is 10.8 Å². The Bertz CT molecular complexity index is 1300. The van der Waals surface area contributed by atoms with Crippen molar-refractivity contribution >= 4 is 16.3 Å². The highest BCUT2D eigenvalue weighted by atomic mass is 32.1. The first-order valence-corrected chi connectivity index (χ1v) is 12.2. The van der Waals surface area contributed by atoms with Crippen LogP contribution in [0.4, 0.5) is 0 Å². The van der Waals surface area contributed by atoms with E-state index in [0.717, 1.165) is 36.8 Å². The van der Waals surface area contributed by atoms with Gasteiger partial charge in [-0.1, -0.05) is 72.0 Å². The Morgan fingerprint density at radius 3 is 1.97 bits per heavy atom. The van der Waals surface area contributed by atoms with Gasteiger partial charge in [0.05, 0.1) is 17.2 Å². The average Bonchev–Trinajstić information content (AvgIpc) is 3.63. The number of hydrogen-bond acceptors (Lipinski definition) is 7. The van der Waals surface area contributed by atoms with Crippen LogP contribution in [0.1, 0.15) is 33.8 Å². The van der Waals surface area contributed by atoms with Crippen LogP contribution in [-0.2, 0) is 0 Å². The van der Waals surface area contributed by atoms with Crippen molar-refractivity contribution < 1.29 is 9.52 Å². The van der Waals surface area contributed by atoms with Gasteiger partial charge in [0.15, 0.2) is 0 Å². The molecule has 1 fully saturated rings. The Kier molecular flexibility index (Phi) is 5.62. The van der Waals surface area contributed by atoms with Crippen LogP contribution >= 0.6 is 11.3 Å². The summed E-state index contributed by atoms with van der Waals surface area (Å²) in [6.07, 6.45) is 3.15. The molecule has 0 unspecified atom stereocenters. The normalized spacial score (nSPS) is 16.4. The lowest BCUT2D eigenvalue weighted by molar-refractivity contribution is 0.0835. The van der Waals surface area contributed by atoms with Crippen LogP contribution in [0, 0.1) is 0 Å². The number of thiazole rings is 1. The van der Waals surface area contributed by atoms with E-state index in [2.05, 4.69) is 80.5 Å². The Morgan fingerprint density at radius 1 is 0.794 bits per heavy atom. The molecule has 1 saturated heterocycles. The fraction of sp³-hybridized carbons (Fsp3) is 0.231. The quantitative estimate of drug-likeness (QED) is 0.391. The van der Waals surface area contributed by atoms with Gasteiger partial charge in [0.1, 0.15) is 18.1 Å². The molecule has 4 heterocycles. The van der Waals surface area contributed by atoms with Gasteiger partial charge in [-0.25, -0.2) is 4.98 Å². The highest BCUT2D eigenvalue weighted by Crippen LogP contribution is 2.41. The number of furan rings is 1. The second-order valence-corrected chi connectivity index (χ2v) is 9.47. The van der Waals surface area contributed by atoms with Crippen molar-refractivity contribution in [1.29, 1.82) is 0 Å². The molecule has 8 heteroatoms. The second kappa shape index (κ2) is 9.06. The lowest BCUT2D eigenvalue weighted by Gasteiger charge is -2.42. The monoisotopic (exact) mass is 471 g/mol. The fourth-order valence-electron chi connectivity index (χ4n) is 4.93. The number of nitrogens with zero attached hydrogens (tertiary/aromatic N) is 5. The zero-order chi connectivity index (χ0) is 22.9. The van der Waals surface area contributed by atoms with Gasteiger partial charge in [-0.2, -0.15) is 9.61 Å². The molecule has 0 spiro atoms. The summed E-state index contributed by atoms with van der Waals surface area (Å²) in [4.78, 5) is 10.7. The van der Waals surface area contributed by atoms with Crippen molar-refractivity contribution in [2.24, 2.45) is 0 Å². The summed E-state index contributed by atoms with van der Waals surface area (Å²) in [6, 6.07) is 25.3. The Labute approximate surface area is 201 Å². The molecule has 0 saturated carbocycles. The summed E-state index contributed by atoms with van der Waals surface area (Å²) in [5.74, 6) is 0.948. The van der Waals surface area contributed by atoms with E-state index in [-0.39, 0.29) is 18.0 Å². The lowest BCUT2D eigenvalue weighted by Crippen LogP contribution is -2.49. The minimum absolute atomic E-state index is 0.132. The van der Waals surface area contributed by atoms with E-state index in [9.17, 15) is 5.11 Å². The molecule has 172 valence electrons. The van der Waals surface area contributed by atoms with Crippen molar-refractivity contribution in [1.82, 2.24) is 24.4 Å². The number of hydrogen-bond donors (Lipinski definition) is 1. The van der Waals surface area contributed by atoms with Crippen LogP contribution in [0.25, 0.3) is 4.96 Å². The first kappa shape index (κ1) is 21.1. The number of rotatable bonds is 6. The third kappa shape index (κ3) is 3.79. The largest absolute Gasteiger partial charge is 0.492 e. The summed E-state index contributed by atoms with van der Waals surface area (Å²) in [6.45, 7) is 3.48. The van der Waals surface area contributed by atoms with Gasteiger partial charge < -0.3 is 9.52 Å². The molecule has 34 heavy (non-hydrogen) atoms. The van der Waals surface area contributed by atoms with E-state index >= 15 is 0 Å². The molecule has 1 atom stereocenters. The zero-order valence-corrected chi connectivity index (χ0v) is 19.4. The van der Waals surface area contributed by atoms with Gasteiger partial charge >= 0.3 is 0 Å². The second-order valence-electron chi connectivity index (χ2n) is 8.46. The van der Waals surface area contributed by atoms with Crippen LogP contribution in [0.3, 0.4) is 0 Å². The molecule has 0 bridgehead atoms. The first-order chi connectivity index (χ1) is 16.8. The first-order valence-electron chi connectivity index (χ1n) is 11.4. The molecule has 0 amide bonds. The van der Waals surface area contributed by atoms with Crippen molar-refractivity contribution in [2.75, 3.05) is 26.2 Å².